The number of hydrazine groups is 1. The fourth-order valence-corrected chi connectivity index (χ4v) is 1.92. The fourth-order valence-electron chi connectivity index (χ4n) is 1.80. The predicted molar refractivity (Wildman–Crippen MR) is 69.9 cm³/mol. The Balaban J connectivity index is 1.80. The zero-order valence-electron chi connectivity index (χ0n) is 10.1. The van der Waals surface area contributed by atoms with Crippen molar-refractivity contribution < 1.29 is 5.03 Å². The van der Waals surface area contributed by atoms with Crippen LogP contribution in [0.4, 0.5) is 0 Å². The van der Waals surface area contributed by atoms with Crippen LogP contribution >= 0.6 is 11.6 Å². The normalized spacial score (nSPS) is 16.2. The van der Waals surface area contributed by atoms with Crippen molar-refractivity contribution in [1.29, 1.82) is 0 Å². The number of hydrogen-bond acceptors (Lipinski definition) is 5. The molecule has 2 rings (SSSR count). The number of aromatic nitrogens is 1. The number of nitro groups is 1. The molecule has 9 heteroatoms. The third kappa shape index (κ3) is 4.34. The van der Waals surface area contributed by atoms with E-state index in [1.54, 1.807) is 17.8 Å². The molecule has 0 aromatic carbocycles. The second-order valence-corrected chi connectivity index (χ2v) is 4.48. The molecule has 1 aromatic rings. The van der Waals surface area contributed by atoms with Gasteiger partial charge in [0.2, 0.25) is 6.34 Å². The minimum Gasteiger partial charge on any atom is -0.339 e. The summed E-state index contributed by atoms with van der Waals surface area (Å²) in [6, 6.07) is 3.69. The van der Waals surface area contributed by atoms with Crippen LogP contribution in [0, 0.1) is 10.1 Å². The smallest absolute Gasteiger partial charge is 0.233 e. The minimum absolute atomic E-state index is 0.477. The molecule has 1 aliphatic rings. The maximum atomic E-state index is 10.0. The molecule has 1 saturated heterocycles. The Kier molecular flexibility index (Phi) is 4.48. The van der Waals surface area contributed by atoms with Crippen molar-refractivity contribution in [3.63, 3.8) is 0 Å². The molecule has 1 aromatic heterocycles. The predicted octanol–water partition coefficient (Wildman–Crippen LogP) is 0.535. The van der Waals surface area contributed by atoms with Crippen LogP contribution in [0.25, 0.3) is 0 Å². The Morgan fingerprint density at radius 3 is 3.11 bits per heavy atom. The van der Waals surface area contributed by atoms with Crippen LogP contribution in [0.15, 0.2) is 23.4 Å². The summed E-state index contributed by atoms with van der Waals surface area (Å²) in [6.07, 6.45) is 3.18. The zero-order chi connectivity index (χ0) is 13.7. The van der Waals surface area contributed by atoms with Crippen molar-refractivity contribution >= 4 is 17.9 Å². The van der Waals surface area contributed by atoms with Gasteiger partial charge in [-0.15, -0.1) is 0 Å². The standard InChI is InChI=1S/C10H13ClN6O2/c11-10-2-1-9(5-12-10)6-15-3-4-16(8-15)7-13-14-17(18)19/h1-2,5,7,14H,3-4,6,8H2. The number of pyridine rings is 1. The number of halogens is 1. The lowest BCUT2D eigenvalue weighted by Crippen LogP contribution is -2.26. The summed E-state index contributed by atoms with van der Waals surface area (Å²) in [5.41, 5.74) is 2.83. The highest BCUT2D eigenvalue weighted by atomic mass is 35.5. The molecule has 0 bridgehead atoms. The summed E-state index contributed by atoms with van der Waals surface area (Å²) in [7, 11) is 0. The van der Waals surface area contributed by atoms with E-state index in [1.807, 2.05) is 11.0 Å². The maximum Gasteiger partial charge on any atom is 0.233 e. The lowest BCUT2D eigenvalue weighted by molar-refractivity contribution is -0.545. The molecular weight excluding hydrogens is 272 g/mol. The average Bonchev–Trinajstić information content (AvgIpc) is 2.79. The molecule has 102 valence electrons. The second kappa shape index (κ2) is 6.30. The van der Waals surface area contributed by atoms with Crippen LogP contribution in [0.5, 0.6) is 0 Å². The summed E-state index contributed by atoms with van der Waals surface area (Å²) in [4.78, 5) is 18.1. The van der Waals surface area contributed by atoms with E-state index in [2.05, 4.69) is 15.0 Å². The number of rotatable bonds is 5. The molecule has 1 N–H and O–H groups in total. The first-order valence-corrected chi connectivity index (χ1v) is 6.01. The zero-order valence-corrected chi connectivity index (χ0v) is 10.8. The van der Waals surface area contributed by atoms with Crippen LogP contribution in [-0.4, -0.2) is 45.9 Å². The SMILES string of the molecule is O=[N+]([O-])NN=CN1CCN(Cc2ccc(Cl)nc2)C1. The van der Waals surface area contributed by atoms with Gasteiger partial charge in [-0.2, -0.15) is 0 Å². The van der Waals surface area contributed by atoms with Gasteiger partial charge in [0.15, 0.2) is 0 Å². The van der Waals surface area contributed by atoms with Gasteiger partial charge >= 0.3 is 0 Å². The van der Waals surface area contributed by atoms with Gasteiger partial charge in [0.05, 0.1) is 16.8 Å². The Labute approximate surface area is 114 Å². The van der Waals surface area contributed by atoms with Crippen LogP contribution in [0.1, 0.15) is 5.56 Å². The summed E-state index contributed by atoms with van der Waals surface area (Å²) in [5, 5.41) is 13.3. The highest BCUT2D eigenvalue weighted by molar-refractivity contribution is 6.29. The lowest BCUT2D eigenvalue weighted by Gasteiger charge is -2.14. The third-order valence-corrected chi connectivity index (χ3v) is 2.86. The van der Waals surface area contributed by atoms with Gasteiger partial charge in [-0.05, 0) is 17.2 Å². The first-order chi connectivity index (χ1) is 9.13. The Morgan fingerprint density at radius 1 is 1.58 bits per heavy atom. The molecule has 0 atom stereocenters. The van der Waals surface area contributed by atoms with E-state index < -0.39 is 5.03 Å². The van der Waals surface area contributed by atoms with Crippen LogP contribution in [-0.2, 0) is 6.54 Å². The third-order valence-electron chi connectivity index (χ3n) is 2.64. The van der Waals surface area contributed by atoms with E-state index >= 15 is 0 Å². The number of nitrogens with one attached hydrogen (secondary N) is 1. The maximum absolute atomic E-state index is 10.0. The van der Waals surface area contributed by atoms with Crippen molar-refractivity contribution in [1.82, 2.24) is 20.3 Å². The topological polar surface area (TPSA) is 86.9 Å². The molecular formula is C10H13ClN6O2. The van der Waals surface area contributed by atoms with E-state index in [0.29, 0.717) is 11.8 Å². The second-order valence-electron chi connectivity index (χ2n) is 4.10. The van der Waals surface area contributed by atoms with E-state index in [9.17, 15) is 10.1 Å². The van der Waals surface area contributed by atoms with Gasteiger partial charge in [0, 0.05) is 25.8 Å². The molecule has 19 heavy (non-hydrogen) atoms. The van der Waals surface area contributed by atoms with E-state index in [-0.39, 0.29) is 0 Å². The molecule has 2 heterocycles. The first kappa shape index (κ1) is 13.5. The minimum atomic E-state index is -0.705. The van der Waals surface area contributed by atoms with Gasteiger partial charge in [0.25, 0.3) is 0 Å². The van der Waals surface area contributed by atoms with Gasteiger partial charge in [0.1, 0.15) is 5.15 Å². The van der Waals surface area contributed by atoms with Crippen LogP contribution < -0.4 is 5.53 Å². The molecule has 0 radical (unpaired) electrons. The Hall–Kier alpha value is -1.93. The number of hydrazone groups is 1. The monoisotopic (exact) mass is 284 g/mol. The summed E-state index contributed by atoms with van der Waals surface area (Å²) < 4.78 is 0. The average molecular weight is 285 g/mol. The molecule has 0 amide bonds. The van der Waals surface area contributed by atoms with Crippen molar-refractivity contribution in [3.05, 3.63) is 39.2 Å². The first-order valence-electron chi connectivity index (χ1n) is 5.63. The van der Waals surface area contributed by atoms with Crippen molar-refractivity contribution in [2.24, 2.45) is 5.10 Å². The molecule has 8 nitrogen and oxygen atoms in total. The number of nitrogens with zero attached hydrogens (tertiary/aromatic N) is 5. The van der Waals surface area contributed by atoms with Crippen LogP contribution in [0.2, 0.25) is 5.15 Å². The highest BCUT2D eigenvalue weighted by Crippen LogP contribution is 2.11. The van der Waals surface area contributed by atoms with Gasteiger partial charge in [-0.1, -0.05) is 17.7 Å². The van der Waals surface area contributed by atoms with E-state index in [0.717, 1.165) is 25.2 Å². The van der Waals surface area contributed by atoms with Crippen molar-refractivity contribution in [2.75, 3.05) is 19.8 Å². The van der Waals surface area contributed by atoms with Gasteiger partial charge in [-0.3, -0.25) is 4.90 Å². The Morgan fingerprint density at radius 2 is 2.42 bits per heavy atom. The fraction of sp³-hybridized carbons (Fsp3) is 0.400. The Bertz CT molecular complexity index is 466. The molecule has 1 aliphatic heterocycles. The van der Waals surface area contributed by atoms with Gasteiger partial charge in [-0.25, -0.2) is 4.98 Å². The van der Waals surface area contributed by atoms with E-state index in [1.165, 1.54) is 6.34 Å². The summed E-state index contributed by atoms with van der Waals surface area (Å²) >= 11 is 5.72. The summed E-state index contributed by atoms with van der Waals surface area (Å²) in [6.45, 7) is 3.08. The molecule has 0 spiro atoms. The lowest BCUT2D eigenvalue weighted by atomic mass is 10.3. The quantitative estimate of drug-likeness (QED) is 0.279. The van der Waals surface area contributed by atoms with Crippen LogP contribution in [0.3, 0.4) is 0 Å². The number of hydrogen-bond donors (Lipinski definition) is 1. The van der Waals surface area contributed by atoms with Crippen molar-refractivity contribution in [3.8, 4) is 0 Å². The van der Waals surface area contributed by atoms with Crippen molar-refractivity contribution in [2.45, 2.75) is 6.54 Å². The molecule has 0 unspecified atom stereocenters. The van der Waals surface area contributed by atoms with Gasteiger partial charge < -0.3 is 15.0 Å². The van der Waals surface area contributed by atoms with E-state index in [4.69, 9.17) is 11.6 Å². The highest BCUT2D eigenvalue weighted by Gasteiger charge is 2.18. The molecule has 1 fully saturated rings. The molecule has 0 aliphatic carbocycles. The molecule has 0 saturated carbocycles. The summed E-state index contributed by atoms with van der Waals surface area (Å²) in [5.74, 6) is 0. The largest absolute Gasteiger partial charge is 0.339 e.